The van der Waals surface area contributed by atoms with Crippen molar-refractivity contribution in [2.45, 2.75) is 58.8 Å². The molecular formula is C20H27NO. The van der Waals surface area contributed by atoms with Crippen LogP contribution in [0.3, 0.4) is 0 Å². The van der Waals surface area contributed by atoms with Crippen molar-refractivity contribution < 1.29 is 4.79 Å². The highest BCUT2D eigenvalue weighted by Gasteiger charge is 2.57. The predicted octanol–water partition coefficient (Wildman–Crippen LogP) is 4.51. The van der Waals surface area contributed by atoms with Crippen LogP contribution in [0.25, 0.3) is 0 Å². The Morgan fingerprint density at radius 3 is 2.86 bits per heavy atom. The molecule has 0 N–H and O–H groups in total. The average molecular weight is 297 g/mol. The molecule has 0 aliphatic heterocycles. The average Bonchev–Trinajstić information content (AvgIpc) is 2.83. The quantitative estimate of drug-likeness (QED) is 0.660. The van der Waals surface area contributed by atoms with Crippen LogP contribution in [0.4, 0.5) is 0 Å². The molecule has 0 aromatic rings. The van der Waals surface area contributed by atoms with Crippen molar-refractivity contribution in [3.8, 4) is 6.07 Å². The summed E-state index contributed by atoms with van der Waals surface area (Å²) in [4.78, 5) is 11.8. The van der Waals surface area contributed by atoms with Crippen LogP contribution in [0.2, 0.25) is 0 Å². The molecule has 0 amide bonds. The number of nitrogens with zero attached hydrogens (tertiary/aromatic N) is 1. The second-order valence-electron chi connectivity index (χ2n) is 8.66. The van der Waals surface area contributed by atoms with Gasteiger partial charge in [-0.25, -0.2) is 0 Å². The molecule has 3 saturated carbocycles. The molecule has 4 unspecified atom stereocenters. The lowest BCUT2D eigenvalue weighted by molar-refractivity contribution is -0.116. The number of fused-ring (bicyclic) bond motifs is 5. The third-order valence-corrected chi connectivity index (χ3v) is 7.80. The van der Waals surface area contributed by atoms with E-state index in [4.69, 9.17) is 0 Å². The van der Waals surface area contributed by atoms with Crippen LogP contribution in [0.1, 0.15) is 58.8 Å². The van der Waals surface area contributed by atoms with Gasteiger partial charge < -0.3 is 0 Å². The Kier molecular flexibility index (Phi) is 3.26. The second kappa shape index (κ2) is 4.95. The van der Waals surface area contributed by atoms with Crippen molar-refractivity contribution in [2.75, 3.05) is 0 Å². The van der Waals surface area contributed by atoms with Crippen molar-refractivity contribution in [3.05, 3.63) is 11.6 Å². The summed E-state index contributed by atoms with van der Waals surface area (Å²) in [5.74, 6) is 4.28. The van der Waals surface area contributed by atoms with E-state index >= 15 is 0 Å². The highest BCUT2D eigenvalue weighted by Crippen LogP contribution is 2.64. The molecule has 0 spiro atoms. The number of allylic oxidation sites excluding steroid dienone is 1. The molecule has 7 atom stereocenters. The van der Waals surface area contributed by atoms with E-state index < -0.39 is 0 Å². The normalized spacial score (nSPS) is 50.4. The van der Waals surface area contributed by atoms with Gasteiger partial charge in [-0.2, -0.15) is 5.26 Å². The molecule has 0 aromatic carbocycles. The van der Waals surface area contributed by atoms with Gasteiger partial charge in [0.25, 0.3) is 0 Å². The minimum absolute atomic E-state index is 0.260. The first-order valence-corrected chi connectivity index (χ1v) is 9.17. The standard InChI is InChI=1S/C20H27NO/c1-12-9-13-10-15(22)4-5-16(13)17-7-8-20(2)14(11-21)3-6-18(20)19(12)17/h10,12,14,16-19H,3-9H2,1-2H3/t12-,14+,16?,17?,18?,19?,20+/m0/s1. The van der Waals surface area contributed by atoms with E-state index in [1.165, 1.54) is 24.8 Å². The number of rotatable bonds is 0. The van der Waals surface area contributed by atoms with Gasteiger partial charge in [0.1, 0.15) is 0 Å². The minimum Gasteiger partial charge on any atom is -0.295 e. The van der Waals surface area contributed by atoms with Gasteiger partial charge in [0.2, 0.25) is 0 Å². The maximum atomic E-state index is 11.8. The van der Waals surface area contributed by atoms with E-state index in [1.807, 2.05) is 6.08 Å². The summed E-state index contributed by atoms with van der Waals surface area (Å²) in [6, 6.07) is 2.62. The summed E-state index contributed by atoms with van der Waals surface area (Å²) in [6.45, 7) is 4.80. The molecule has 4 rings (SSSR count). The van der Waals surface area contributed by atoms with Crippen molar-refractivity contribution >= 4 is 5.78 Å². The molecule has 0 aromatic heterocycles. The lowest BCUT2D eigenvalue weighted by Crippen LogP contribution is -2.49. The third kappa shape index (κ3) is 1.87. The maximum absolute atomic E-state index is 11.8. The van der Waals surface area contributed by atoms with Gasteiger partial charge in [-0.15, -0.1) is 0 Å². The van der Waals surface area contributed by atoms with Crippen LogP contribution in [-0.4, -0.2) is 5.78 Å². The van der Waals surface area contributed by atoms with Crippen molar-refractivity contribution in [1.29, 1.82) is 5.26 Å². The summed E-state index contributed by atoms with van der Waals surface area (Å²) in [5, 5.41) is 9.55. The summed E-state index contributed by atoms with van der Waals surface area (Å²) >= 11 is 0. The minimum atomic E-state index is 0.260. The topological polar surface area (TPSA) is 40.9 Å². The number of ketones is 1. The Hall–Kier alpha value is -1.10. The highest BCUT2D eigenvalue weighted by molar-refractivity contribution is 5.91. The van der Waals surface area contributed by atoms with E-state index in [1.54, 1.807) is 0 Å². The lowest BCUT2D eigenvalue weighted by atomic mass is 9.49. The predicted molar refractivity (Wildman–Crippen MR) is 85.7 cm³/mol. The molecule has 0 radical (unpaired) electrons. The van der Waals surface area contributed by atoms with Gasteiger partial charge >= 0.3 is 0 Å². The first-order valence-electron chi connectivity index (χ1n) is 9.17. The van der Waals surface area contributed by atoms with E-state index in [9.17, 15) is 10.1 Å². The zero-order valence-corrected chi connectivity index (χ0v) is 13.8. The van der Waals surface area contributed by atoms with Crippen molar-refractivity contribution in [3.63, 3.8) is 0 Å². The van der Waals surface area contributed by atoms with Crippen LogP contribution in [-0.2, 0) is 4.79 Å². The third-order valence-electron chi connectivity index (χ3n) is 7.80. The maximum Gasteiger partial charge on any atom is 0.155 e. The number of carbonyl (C=O) groups excluding carboxylic acids is 1. The van der Waals surface area contributed by atoms with Gasteiger partial charge in [0.05, 0.1) is 12.0 Å². The van der Waals surface area contributed by atoms with E-state index in [0.29, 0.717) is 17.6 Å². The Morgan fingerprint density at radius 1 is 1.27 bits per heavy atom. The summed E-state index contributed by atoms with van der Waals surface area (Å²) in [6.07, 6.45) is 9.82. The molecule has 0 heterocycles. The Balaban J connectivity index is 1.68. The second-order valence-corrected chi connectivity index (χ2v) is 8.66. The first kappa shape index (κ1) is 14.5. The highest BCUT2D eigenvalue weighted by atomic mass is 16.1. The fraction of sp³-hybridized carbons (Fsp3) is 0.800. The zero-order chi connectivity index (χ0) is 15.5. The monoisotopic (exact) mass is 297 g/mol. The van der Waals surface area contributed by atoms with Gasteiger partial charge in [0, 0.05) is 6.42 Å². The molecule has 0 bridgehead atoms. The number of hydrogen-bond acceptors (Lipinski definition) is 2. The smallest absolute Gasteiger partial charge is 0.155 e. The number of carbonyl (C=O) groups is 1. The fourth-order valence-electron chi connectivity index (χ4n) is 6.80. The summed E-state index contributed by atoms with van der Waals surface area (Å²) in [7, 11) is 0. The molecule has 118 valence electrons. The molecular weight excluding hydrogens is 270 g/mol. The zero-order valence-electron chi connectivity index (χ0n) is 13.8. The van der Waals surface area contributed by atoms with Crippen LogP contribution in [0, 0.1) is 52.3 Å². The molecule has 4 aliphatic carbocycles. The van der Waals surface area contributed by atoms with Crippen LogP contribution < -0.4 is 0 Å². The summed E-state index contributed by atoms with van der Waals surface area (Å²) in [5.41, 5.74) is 1.72. The van der Waals surface area contributed by atoms with E-state index in [2.05, 4.69) is 19.9 Å². The molecule has 4 aliphatic rings. The lowest BCUT2D eigenvalue weighted by Gasteiger charge is -2.55. The van der Waals surface area contributed by atoms with Crippen LogP contribution >= 0.6 is 0 Å². The van der Waals surface area contributed by atoms with Gasteiger partial charge in [-0.1, -0.05) is 19.4 Å². The summed E-state index contributed by atoms with van der Waals surface area (Å²) < 4.78 is 0. The first-order chi connectivity index (χ1) is 10.5. The van der Waals surface area contributed by atoms with E-state index in [0.717, 1.165) is 43.4 Å². The Bertz CT molecular complexity index is 571. The van der Waals surface area contributed by atoms with Gasteiger partial charge in [-0.05, 0) is 79.6 Å². The Labute approximate surface area is 134 Å². The fourth-order valence-corrected chi connectivity index (χ4v) is 6.80. The number of hydrogen-bond donors (Lipinski definition) is 0. The van der Waals surface area contributed by atoms with Crippen molar-refractivity contribution in [1.82, 2.24) is 0 Å². The Morgan fingerprint density at radius 2 is 2.09 bits per heavy atom. The molecule has 0 saturated heterocycles. The molecule has 3 fully saturated rings. The SMILES string of the molecule is C[C@H]1CC2=CC(=O)CCC2C2CC[C@@]3(C)C(CC[C@@H]3C#N)C21. The van der Waals surface area contributed by atoms with Crippen LogP contribution in [0.15, 0.2) is 11.6 Å². The van der Waals surface area contributed by atoms with Gasteiger partial charge in [-0.3, -0.25) is 4.79 Å². The molecule has 22 heavy (non-hydrogen) atoms. The van der Waals surface area contributed by atoms with Crippen molar-refractivity contribution in [2.24, 2.45) is 40.9 Å². The largest absolute Gasteiger partial charge is 0.295 e. The number of nitriles is 1. The molecule has 2 heteroatoms. The van der Waals surface area contributed by atoms with Gasteiger partial charge in [0.15, 0.2) is 5.78 Å². The van der Waals surface area contributed by atoms with E-state index in [-0.39, 0.29) is 11.3 Å². The molecule has 2 nitrogen and oxygen atoms in total. The van der Waals surface area contributed by atoms with Crippen LogP contribution in [0.5, 0.6) is 0 Å².